The number of unbranched alkanes of at least 4 members (excludes halogenated alkanes) is 1. The first-order valence-electron chi connectivity index (χ1n) is 18.7. The number of fused-ring (bicyclic) bond motifs is 3. The third-order valence-corrected chi connectivity index (χ3v) is 13.4. The molecule has 11 N–H and O–H groups in total. The Balaban J connectivity index is 0.968. The number of benzene rings is 2. The number of nitrogen functional groups attached to an aromatic ring is 1. The number of carboxylic acid groups (broad SMARTS) is 1. The number of phosphoric ester groups is 1. The number of aliphatic hydroxyl groups is 1. The van der Waals surface area contributed by atoms with Gasteiger partial charge < -0.3 is 65.2 Å². The number of para-hydroxylation sites is 1. The number of carbonyl (C=O) groups is 3. The van der Waals surface area contributed by atoms with Gasteiger partial charge in [0.1, 0.15) is 29.3 Å². The topological polar surface area (TPSA) is 377 Å². The predicted molar refractivity (Wildman–Crippen MR) is 220 cm³/mol. The van der Waals surface area contributed by atoms with Crippen molar-refractivity contribution in [2.75, 3.05) is 35.6 Å². The molecule has 0 saturated carbocycles. The van der Waals surface area contributed by atoms with Crippen LogP contribution in [0.5, 0.6) is 0 Å². The van der Waals surface area contributed by atoms with Crippen LogP contribution in [0.4, 0.5) is 17.2 Å². The number of phosphoric acid groups is 3. The highest BCUT2D eigenvalue weighted by Gasteiger charge is 2.45. The van der Waals surface area contributed by atoms with Crippen LogP contribution in [0.15, 0.2) is 56.5 Å². The summed E-state index contributed by atoms with van der Waals surface area (Å²) < 4.78 is 58.3. The van der Waals surface area contributed by atoms with Crippen molar-refractivity contribution in [3.63, 3.8) is 0 Å². The van der Waals surface area contributed by atoms with Crippen molar-refractivity contribution in [2.24, 2.45) is 0 Å². The van der Waals surface area contributed by atoms with Crippen LogP contribution >= 0.6 is 23.5 Å². The van der Waals surface area contributed by atoms with Gasteiger partial charge in [0.15, 0.2) is 0 Å². The number of carboxylic acids is 1. The standard InChI is InChI=1S/C36H40N5O19P3/c37-28-15-24-33(36(48)40-28)20(17-41(24)31-16-25(42)27(57-31)18-56-62(52,53)60-63(54,55)59-61(49,50)51)6-4-12-38-29(43)8-1-2-9-30(44)39-21-10-11-26-23(14-21)34(47)22-7-3-5-19(13-32(45)46)35(22)58-26/h3,5,7,10-11,14-15,20,25,27,31,42H,1-2,8-9,12-13,16-18H2,(H,38,43)(H,39,44)(H,45,46)(H,52,53)(H,54,55)(H3,37,40,48)(H2,49,50,51). The molecule has 24 nitrogen and oxygen atoms in total. The third kappa shape index (κ3) is 12.3. The predicted octanol–water partition coefficient (Wildman–Crippen LogP) is 1.89. The van der Waals surface area contributed by atoms with Gasteiger partial charge >= 0.3 is 29.4 Å². The van der Waals surface area contributed by atoms with Crippen LogP contribution in [0.2, 0.25) is 0 Å². The van der Waals surface area contributed by atoms with Crippen molar-refractivity contribution < 1.29 is 80.2 Å². The summed E-state index contributed by atoms with van der Waals surface area (Å²) >= 11 is 0. The number of hydrogen-bond acceptors (Lipinski definition) is 16. The lowest BCUT2D eigenvalue weighted by Crippen LogP contribution is -2.35. The summed E-state index contributed by atoms with van der Waals surface area (Å²) in [6.07, 6.45) is -3.25. The number of aliphatic hydroxyl groups excluding tert-OH is 1. The molecular weight excluding hydrogens is 899 g/mol. The van der Waals surface area contributed by atoms with Gasteiger partial charge in [-0.3, -0.25) is 28.5 Å². The van der Waals surface area contributed by atoms with Crippen LogP contribution in [-0.2, 0) is 52.4 Å². The second-order valence-electron chi connectivity index (χ2n) is 14.2. The number of nitrogens with zero attached hydrogens (tertiary/aromatic N) is 1. The number of carbonyl (C=O) groups excluding carboxylic acids is 2. The van der Waals surface area contributed by atoms with E-state index >= 15 is 0 Å². The average molecular weight is 940 g/mol. The molecule has 2 aliphatic rings. The quantitative estimate of drug-likeness (QED) is 0.0313. The Bertz CT molecular complexity index is 2780. The summed E-state index contributed by atoms with van der Waals surface area (Å²) in [4.78, 5) is 103. The Hall–Kier alpha value is -5.24. The van der Waals surface area contributed by atoms with E-state index in [0.717, 1.165) is 0 Å². The molecular formula is C36H40N5O19P3. The third-order valence-electron chi connectivity index (χ3n) is 9.59. The second-order valence-corrected chi connectivity index (χ2v) is 18.7. The maximum absolute atomic E-state index is 13.2. The highest BCUT2D eigenvalue weighted by Crippen LogP contribution is 2.66. The molecule has 2 aromatic heterocycles. The number of nitrogens with two attached hydrogens (primary N) is 1. The fraction of sp³-hybridized carbons (Fsp3) is 0.361. The lowest BCUT2D eigenvalue weighted by Gasteiger charge is -2.27. The van der Waals surface area contributed by atoms with Crippen molar-refractivity contribution in [1.82, 2.24) is 10.3 Å². The van der Waals surface area contributed by atoms with Crippen LogP contribution < -0.4 is 32.3 Å². The minimum atomic E-state index is -5.77. The van der Waals surface area contributed by atoms with E-state index in [-0.39, 0.29) is 89.3 Å². The number of H-pyrrole nitrogens is 1. The highest BCUT2D eigenvalue weighted by atomic mass is 31.3. The number of aromatic nitrogens is 1. The molecule has 1 saturated heterocycles. The molecule has 27 heteroatoms. The van der Waals surface area contributed by atoms with Crippen LogP contribution in [0.25, 0.3) is 21.9 Å². The molecule has 2 amide bonds. The van der Waals surface area contributed by atoms with E-state index < -0.39 is 66.0 Å². The van der Waals surface area contributed by atoms with E-state index in [1.807, 2.05) is 0 Å². The van der Waals surface area contributed by atoms with Gasteiger partial charge in [-0.25, -0.2) is 13.7 Å². The fourth-order valence-corrected chi connectivity index (χ4v) is 10.0. The monoisotopic (exact) mass is 939 g/mol. The first kappa shape index (κ1) is 47.2. The molecule has 4 heterocycles. The number of nitrogens with one attached hydrogen (secondary N) is 3. The Kier molecular flexibility index (Phi) is 14.4. The van der Waals surface area contributed by atoms with Gasteiger partial charge in [-0.15, -0.1) is 0 Å². The van der Waals surface area contributed by atoms with E-state index in [0.29, 0.717) is 29.8 Å². The molecule has 6 atom stereocenters. The summed E-state index contributed by atoms with van der Waals surface area (Å²) in [6, 6.07) is 10.7. The number of pyridine rings is 1. The number of hydrogen-bond donors (Lipinski definition) is 10. The molecule has 0 aliphatic carbocycles. The van der Waals surface area contributed by atoms with Crippen LogP contribution in [0.1, 0.15) is 49.1 Å². The molecule has 0 spiro atoms. The zero-order valence-electron chi connectivity index (χ0n) is 32.6. The first-order chi connectivity index (χ1) is 29.6. The second kappa shape index (κ2) is 19.2. The van der Waals surface area contributed by atoms with Gasteiger partial charge in [0, 0.05) is 43.1 Å². The van der Waals surface area contributed by atoms with Crippen molar-refractivity contribution in [1.29, 1.82) is 0 Å². The Labute approximate surface area is 354 Å². The molecule has 63 heavy (non-hydrogen) atoms. The minimum Gasteiger partial charge on any atom is -0.481 e. The van der Waals surface area contributed by atoms with E-state index in [1.165, 1.54) is 24.3 Å². The van der Waals surface area contributed by atoms with Gasteiger partial charge in [0.05, 0.1) is 53.6 Å². The van der Waals surface area contributed by atoms with E-state index in [4.69, 9.17) is 24.7 Å². The normalized spacial score (nSPS) is 20.4. The largest absolute Gasteiger partial charge is 0.490 e. The molecule has 6 rings (SSSR count). The van der Waals surface area contributed by atoms with E-state index in [1.54, 1.807) is 23.1 Å². The fourth-order valence-electron chi connectivity index (χ4n) is 6.97. The molecule has 2 aliphatic heterocycles. The lowest BCUT2D eigenvalue weighted by molar-refractivity contribution is -0.136. The Morgan fingerprint density at radius 2 is 1.70 bits per heavy atom. The summed E-state index contributed by atoms with van der Waals surface area (Å²) in [5.74, 6) is 3.24. The smallest absolute Gasteiger partial charge is 0.481 e. The Morgan fingerprint density at radius 1 is 0.968 bits per heavy atom. The summed E-state index contributed by atoms with van der Waals surface area (Å²) in [6.45, 7) is -0.947. The maximum Gasteiger partial charge on any atom is 0.490 e. The van der Waals surface area contributed by atoms with Crippen molar-refractivity contribution in [2.45, 2.75) is 62.9 Å². The number of aliphatic carboxylic acids is 1. The summed E-state index contributed by atoms with van der Waals surface area (Å²) in [7, 11) is -16.9. The molecule has 0 bridgehead atoms. The van der Waals surface area contributed by atoms with Gasteiger partial charge in [0.2, 0.25) is 17.2 Å². The molecule has 2 aromatic carbocycles. The highest BCUT2D eigenvalue weighted by molar-refractivity contribution is 7.66. The molecule has 6 unspecified atom stereocenters. The molecule has 4 aromatic rings. The first-order valence-corrected chi connectivity index (χ1v) is 23.3. The van der Waals surface area contributed by atoms with Crippen LogP contribution in [0, 0.1) is 11.8 Å². The molecule has 0 radical (unpaired) electrons. The number of rotatable bonds is 17. The van der Waals surface area contributed by atoms with Crippen molar-refractivity contribution >= 4 is 80.4 Å². The summed E-state index contributed by atoms with van der Waals surface area (Å²) in [5.41, 5.74) is 6.57. The van der Waals surface area contributed by atoms with E-state index in [9.17, 15) is 57.7 Å². The minimum absolute atomic E-state index is 0.00269. The van der Waals surface area contributed by atoms with Gasteiger partial charge in [-0.1, -0.05) is 24.0 Å². The van der Waals surface area contributed by atoms with Crippen molar-refractivity contribution in [3.8, 4) is 11.8 Å². The molecule has 1 fully saturated rings. The van der Waals surface area contributed by atoms with Gasteiger partial charge in [-0.05, 0) is 37.1 Å². The SMILES string of the molecule is Nc1cc2c(c(=O)[nH]1)C(C#CCNC(=O)CCCCC(=O)Nc1ccc3oc4c(CC(=O)O)cccc4c(=O)c3c1)CN2C1CC(O)C(COP(=O)(O)OP(=O)(O)OP(=O)(O)O)O1. The lowest BCUT2D eigenvalue weighted by atomic mass is 10.0. The van der Waals surface area contributed by atoms with E-state index in [2.05, 4.69) is 40.6 Å². The Morgan fingerprint density at radius 3 is 2.41 bits per heavy atom. The number of anilines is 3. The summed E-state index contributed by atoms with van der Waals surface area (Å²) in [5, 5.41) is 25.6. The van der Waals surface area contributed by atoms with Crippen LogP contribution in [-0.4, -0.2) is 90.7 Å². The number of ether oxygens (including phenoxy) is 1. The zero-order valence-corrected chi connectivity index (χ0v) is 35.3. The van der Waals surface area contributed by atoms with Crippen LogP contribution in [0.3, 0.4) is 0 Å². The molecule has 338 valence electrons. The number of amides is 2. The number of aromatic amines is 1. The van der Waals surface area contributed by atoms with Gasteiger partial charge in [-0.2, -0.15) is 8.62 Å². The zero-order chi connectivity index (χ0) is 45.9. The maximum atomic E-state index is 13.2. The van der Waals surface area contributed by atoms with Gasteiger partial charge in [0.25, 0.3) is 5.56 Å². The van der Waals surface area contributed by atoms with Crippen molar-refractivity contribution in [3.05, 3.63) is 74.2 Å². The average Bonchev–Trinajstić information content (AvgIpc) is 3.72.